The number of para-hydroxylation sites is 1. The molecule has 5 nitrogen and oxygen atoms in total. The lowest BCUT2D eigenvalue weighted by Crippen LogP contribution is -2.35. The Morgan fingerprint density at radius 2 is 1.95 bits per heavy atom. The third-order valence-corrected chi connectivity index (χ3v) is 2.89. The van der Waals surface area contributed by atoms with E-state index < -0.39 is 5.91 Å². The van der Waals surface area contributed by atoms with Crippen molar-refractivity contribution in [3.05, 3.63) is 29.8 Å². The molecule has 0 heterocycles. The molecule has 20 heavy (non-hydrogen) atoms. The molecule has 0 radical (unpaired) electrons. The number of ether oxygens (including phenoxy) is 1. The van der Waals surface area contributed by atoms with Crippen LogP contribution in [0.4, 0.5) is 0 Å². The van der Waals surface area contributed by atoms with E-state index in [2.05, 4.69) is 12.2 Å². The van der Waals surface area contributed by atoms with Crippen LogP contribution < -0.4 is 15.8 Å². The first-order chi connectivity index (χ1) is 9.65. The van der Waals surface area contributed by atoms with Gasteiger partial charge in [-0.15, -0.1) is 0 Å². The summed E-state index contributed by atoms with van der Waals surface area (Å²) in [4.78, 5) is 11.8. The van der Waals surface area contributed by atoms with E-state index in [1.807, 2.05) is 6.07 Å². The normalized spacial score (nSPS) is 10.1. The van der Waals surface area contributed by atoms with Crippen molar-refractivity contribution >= 4 is 11.9 Å². The maximum atomic E-state index is 11.8. The lowest BCUT2D eigenvalue weighted by atomic mass is 10.1. The van der Waals surface area contributed by atoms with Crippen LogP contribution in [-0.2, 0) is 0 Å². The number of hydrogen-bond acceptors (Lipinski definition) is 3. The Balaban J connectivity index is 2.49. The fourth-order valence-corrected chi connectivity index (χ4v) is 1.86. The molecule has 0 atom stereocenters. The quantitative estimate of drug-likeness (QED) is 0.388. The van der Waals surface area contributed by atoms with E-state index >= 15 is 0 Å². The second kappa shape index (κ2) is 8.96. The number of guanidine groups is 1. The zero-order valence-electron chi connectivity index (χ0n) is 11.9. The average Bonchev–Trinajstić information content (AvgIpc) is 2.42. The topological polar surface area (TPSA) is 88.2 Å². The highest BCUT2D eigenvalue weighted by atomic mass is 16.5. The number of benzene rings is 1. The van der Waals surface area contributed by atoms with Crippen LogP contribution in [0, 0.1) is 5.41 Å². The van der Waals surface area contributed by atoms with Gasteiger partial charge in [0.2, 0.25) is 0 Å². The van der Waals surface area contributed by atoms with Crippen molar-refractivity contribution in [1.29, 1.82) is 5.41 Å². The summed E-state index contributed by atoms with van der Waals surface area (Å²) in [6, 6.07) is 6.98. The Kier molecular flexibility index (Phi) is 7.17. The van der Waals surface area contributed by atoms with Gasteiger partial charge in [0.05, 0.1) is 12.2 Å². The van der Waals surface area contributed by atoms with Crippen molar-refractivity contribution in [3.63, 3.8) is 0 Å². The van der Waals surface area contributed by atoms with E-state index in [-0.39, 0.29) is 5.96 Å². The van der Waals surface area contributed by atoms with Gasteiger partial charge < -0.3 is 10.5 Å². The second-order valence-corrected chi connectivity index (χ2v) is 4.63. The first-order valence-corrected chi connectivity index (χ1v) is 7.02. The molecule has 0 saturated heterocycles. The standard InChI is InChI=1S/C15H23N3O2/c1-2-3-4-5-8-11-20-13-10-7-6-9-12(13)14(19)18-15(16)17/h6-7,9-10H,2-5,8,11H2,1H3,(H4,16,17,18,19). The zero-order valence-corrected chi connectivity index (χ0v) is 11.9. The molecular formula is C15H23N3O2. The summed E-state index contributed by atoms with van der Waals surface area (Å²) < 4.78 is 5.65. The van der Waals surface area contributed by atoms with Gasteiger partial charge in [-0.1, -0.05) is 44.7 Å². The SMILES string of the molecule is CCCCCCCOc1ccccc1C(=O)NC(=N)N. The van der Waals surface area contributed by atoms with E-state index in [0.29, 0.717) is 17.9 Å². The average molecular weight is 277 g/mol. The molecule has 0 spiro atoms. The number of nitrogens with one attached hydrogen (secondary N) is 2. The highest BCUT2D eigenvalue weighted by molar-refractivity contribution is 6.05. The van der Waals surface area contributed by atoms with E-state index in [1.54, 1.807) is 18.2 Å². The van der Waals surface area contributed by atoms with E-state index in [1.165, 1.54) is 19.3 Å². The van der Waals surface area contributed by atoms with Gasteiger partial charge >= 0.3 is 0 Å². The summed E-state index contributed by atoms with van der Waals surface area (Å²) in [5.41, 5.74) is 5.56. The van der Waals surface area contributed by atoms with Crippen LogP contribution in [0.2, 0.25) is 0 Å². The van der Waals surface area contributed by atoms with Crippen molar-refractivity contribution in [2.24, 2.45) is 5.73 Å². The summed E-state index contributed by atoms with van der Waals surface area (Å²) in [5.74, 6) is -0.259. The minimum absolute atomic E-state index is 0.371. The van der Waals surface area contributed by atoms with Gasteiger partial charge in [-0.3, -0.25) is 15.5 Å². The van der Waals surface area contributed by atoms with Gasteiger partial charge in [0.25, 0.3) is 5.91 Å². The molecule has 0 bridgehead atoms. The van der Waals surface area contributed by atoms with Crippen LogP contribution in [0.15, 0.2) is 24.3 Å². The first-order valence-electron chi connectivity index (χ1n) is 7.02. The van der Waals surface area contributed by atoms with Crippen LogP contribution in [0.3, 0.4) is 0 Å². The lowest BCUT2D eigenvalue weighted by Gasteiger charge is -2.11. The maximum absolute atomic E-state index is 11.8. The third kappa shape index (κ3) is 5.73. The Morgan fingerprint density at radius 3 is 2.65 bits per heavy atom. The second-order valence-electron chi connectivity index (χ2n) is 4.63. The largest absolute Gasteiger partial charge is 0.493 e. The molecule has 1 aromatic carbocycles. The highest BCUT2D eigenvalue weighted by Crippen LogP contribution is 2.18. The number of nitrogens with two attached hydrogens (primary N) is 1. The highest BCUT2D eigenvalue weighted by Gasteiger charge is 2.12. The molecule has 0 aliphatic carbocycles. The number of unbranched alkanes of at least 4 members (excludes halogenated alkanes) is 4. The minimum atomic E-state index is -0.418. The molecule has 1 rings (SSSR count). The Morgan fingerprint density at radius 1 is 1.25 bits per heavy atom. The monoisotopic (exact) mass is 277 g/mol. The van der Waals surface area contributed by atoms with Crippen molar-refractivity contribution in [2.75, 3.05) is 6.61 Å². The minimum Gasteiger partial charge on any atom is -0.493 e. The summed E-state index contributed by atoms with van der Waals surface area (Å²) in [6.45, 7) is 2.77. The first kappa shape index (κ1) is 16.0. The molecule has 0 unspecified atom stereocenters. The molecule has 0 aliphatic heterocycles. The number of rotatable bonds is 8. The molecule has 0 fully saturated rings. The molecule has 4 N–H and O–H groups in total. The van der Waals surface area contributed by atoms with Crippen molar-refractivity contribution in [2.45, 2.75) is 39.0 Å². The molecule has 0 saturated carbocycles. The van der Waals surface area contributed by atoms with Gasteiger partial charge in [0.15, 0.2) is 5.96 Å². The smallest absolute Gasteiger partial charge is 0.261 e. The summed E-state index contributed by atoms with van der Waals surface area (Å²) in [7, 11) is 0. The van der Waals surface area contributed by atoms with Crippen LogP contribution in [0.5, 0.6) is 5.75 Å². The van der Waals surface area contributed by atoms with Crippen LogP contribution in [-0.4, -0.2) is 18.5 Å². The van der Waals surface area contributed by atoms with Crippen molar-refractivity contribution in [1.82, 2.24) is 5.32 Å². The molecule has 1 aromatic rings. The predicted octanol–water partition coefficient (Wildman–Crippen LogP) is 2.66. The number of amides is 1. The van der Waals surface area contributed by atoms with Crippen LogP contribution in [0.25, 0.3) is 0 Å². The molecule has 0 aromatic heterocycles. The Bertz CT molecular complexity index is 446. The van der Waals surface area contributed by atoms with Crippen molar-refractivity contribution in [3.8, 4) is 5.75 Å². The van der Waals surface area contributed by atoms with Crippen LogP contribution >= 0.6 is 0 Å². The maximum Gasteiger partial charge on any atom is 0.261 e. The fraction of sp³-hybridized carbons (Fsp3) is 0.467. The van der Waals surface area contributed by atoms with Gasteiger partial charge in [0.1, 0.15) is 5.75 Å². The van der Waals surface area contributed by atoms with Crippen molar-refractivity contribution < 1.29 is 9.53 Å². The van der Waals surface area contributed by atoms with Gasteiger partial charge in [-0.2, -0.15) is 0 Å². The zero-order chi connectivity index (χ0) is 14.8. The number of carbonyl (C=O) groups is 1. The molecular weight excluding hydrogens is 254 g/mol. The molecule has 110 valence electrons. The van der Waals surface area contributed by atoms with E-state index in [9.17, 15) is 4.79 Å². The van der Waals surface area contributed by atoms with Crippen LogP contribution in [0.1, 0.15) is 49.4 Å². The summed E-state index contributed by atoms with van der Waals surface area (Å²) in [5, 5.41) is 9.34. The van der Waals surface area contributed by atoms with Gasteiger partial charge in [0, 0.05) is 0 Å². The van der Waals surface area contributed by atoms with Gasteiger partial charge in [-0.25, -0.2) is 0 Å². The van der Waals surface area contributed by atoms with Gasteiger partial charge in [-0.05, 0) is 18.6 Å². The third-order valence-electron chi connectivity index (χ3n) is 2.89. The predicted molar refractivity (Wildman–Crippen MR) is 80.1 cm³/mol. The van der Waals surface area contributed by atoms with E-state index in [0.717, 1.165) is 12.8 Å². The summed E-state index contributed by atoms with van der Waals surface area (Å²) >= 11 is 0. The fourth-order valence-electron chi connectivity index (χ4n) is 1.86. The lowest BCUT2D eigenvalue weighted by molar-refractivity contribution is 0.0972. The number of hydrogen-bond donors (Lipinski definition) is 3. The molecule has 0 aliphatic rings. The van der Waals surface area contributed by atoms with E-state index in [4.69, 9.17) is 15.9 Å². The number of carbonyl (C=O) groups excluding carboxylic acids is 1. The Labute approximate surface area is 120 Å². The molecule has 1 amide bonds. The Hall–Kier alpha value is -2.04. The molecule has 5 heteroatoms. The summed E-state index contributed by atoms with van der Waals surface area (Å²) in [6.07, 6.45) is 5.79.